The van der Waals surface area contributed by atoms with Crippen molar-refractivity contribution in [1.82, 2.24) is 4.98 Å². The third-order valence-electron chi connectivity index (χ3n) is 2.34. The number of hydrogen-bond acceptors (Lipinski definition) is 3. The van der Waals surface area contributed by atoms with Crippen LogP contribution in [-0.4, -0.2) is 10.1 Å². The maximum absolute atomic E-state index is 9.80. The molecule has 1 aliphatic carbocycles. The molecule has 1 unspecified atom stereocenters. The van der Waals surface area contributed by atoms with E-state index in [4.69, 9.17) is 0 Å². The average molecular weight is 295 g/mol. The highest BCUT2D eigenvalue weighted by Gasteiger charge is 2.28. The van der Waals surface area contributed by atoms with Gasteiger partial charge in [0, 0.05) is 0 Å². The molecule has 0 radical (unpaired) electrons. The van der Waals surface area contributed by atoms with Crippen LogP contribution in [0, 0.1) is 8.80 Å². The molecule has 12 heavy (non-hydrogen) atoms. The zero-order chi connectivity index (χ0) is 8.55. The Balaban J connectivity index is 2.08. The van der Waals surface area contributed by atoms with Gasteiger partial charge in [0.05, 0.1) is 9.08 Å². The van der Waals surface area contributed by atoms with Gasteiger partial charge in [0.1, 0.15) is 11.1 Å². The van der Waals surface area contributed by atoms with Gasteiger partial charge in [-0.05, 0) is 41.4 Å². The third kappa shape index (κ3) is 1.65. The zero-order valence-electron chi connectivity index (χ0n) is 6.53. The Kier molecular flexibility index (Phi) is 2.66. The summed E-state index contributed by atoms with van der Waals surface area (Å²) in [7, 11) is 0. The molecule has 2 rings (SSSR count). The molecule has 0 bridgehead atoms. The zero-order valence-corrected chi connectivity index (χ0v) is 9.51. The maximum atomic E-state index is 9.80. The second-order valence-electron chi connectivity index (χ2n) is 3.14. The number of halogens is 1. The van der Waals surface area contributed by atoms with Crippen molar-refractivity contribution in [1.29, 1.82) is 0 Å². The first-order valence-electron chi connectivity index (χ1n) is 4.06. The lowest BCUT2D eigenvalue weighted by Gasteiger charge is -2.28. The van der Waals surface area contributed by atoms with E-state index in [1.165, 1.54) is 6.42 Å². The summed E-state index contributed by atoms with van der Waals surface area (Å²) < 4.78 is 1.15. The molecule has 1 heterocycles. The van der Waals surface area contributed by atoms with Gasteiger partial charge in [-0.3, -0.25) is 0 Å². The Labute approximate surface area is 89.2 Å². The number of aliphatic hydroxyl groups excluding tert-OH is 1. The van der Waals surface area contributed by atoms with E-state index in [9.17, 15) is 5.11 Å². The van der Waals surface area contributed by atoms with E-state index in [1.54, 1.807) is 11.3 Å². The molecule has 1 N–H and O–H groups in total. The number of rotatable bonds is 2. The van der Waals surface area contributed by atoms with E-state index in [-0.39, 0.29) is 6.10 Å². The van der Waals surface area contributed by atoms with Crippen molar-refractivity contribution in [2.45, 2.75) is 25.4 Å². The molecule has 1 fully saturated rings. The average Bonchev–Trinajstić information content (AvgIpc) is 2.31. The molecule has 1 atom stereocenters. The summed E-state index contributed by atoms with van der Waals surface area (Å²) in [5, 5.41) is 10.7. The molecule has 66 valence electrons. The van der Waals surface area contributed by atoms with Crippen molar-refractivity contribution in [3.05, 3.63) is 14.1 Å². The van der Waals surface area contributed by atoms with Crippen molar-refractivity contribution in [2.24, 2.45) is 5.92 Å². The van der Waals surface area contributed by atoms with Crippen LogP contribution in [0.15, 0.2) is 6.20 Å². The van der Waals surface area contributed by atoms with Crippen molar-refractivity contribution < 1.29 is 5.11 Å². The number of hydrogen-bond donors (Lipinski definition) is 1. The van der Waals surface area contributed by atoms with Crippen LogP contribution in [0.25, 0.3) is 0 Å². The Morgan fingerprint density at radius 1 is 1.67 bits per heavy atom. The summed E-state index contributed by atoms with van der Waals surface area (Å²) in [5.41, 5.74) is 0. The molecular formula is C8H10INOS. The fourth-order valence-electron chi connectivity index (χ4n) is 1.36. The van der Waals surface area contributed by atoms with Crippen LogP contribution < -0.4 is 0 Å². The van der Waals surface area contributed by atoms with Gasteiger partial charge in [-0.15, -0.1) is 11.3 Å². The van der Waals surface area contributed by atoms with Crippen LogP contribution in [0.4, 0.5) is 0 Å². The Hall–Kier alpha value is 0.320. The highest BCUT2D eigenvalue weighted by molar-refractivity contribution is 14.1. The lowest BCUT2D eigenvalue weighted by molar-refractivity contribution is 0.0619. The lowest BCUT2D eigenvalue weighted by atomic mass is 9.81. The quantitative estimate of drug-likeness (QED) is 0.851. The Morgan fingerprint density at radius 2 is 2.42 bits per heavy atom. The van der Waals surface area contributed by atoms with Crippen molar-refractivity contribution in [2.75, 3.05) is 0 Å². The second kappa shape index (κ2) is 3.59. The molecule has 0 aliphatic heterocycles. The molecule has 1 saturated carbocycles. The fourth-order valence-corrected chi connectivity index (χ4v) is 2.90. The predicted molar refractivity (Wildman–Crippen MR) is 57.1 cm³/mol. The van der Waals surface area contributed by atoms with Gasteiger partial charge in [-0.1, -0.05) is 6.42 Å². The normalized spacial score (nSPS) is 20.5. The van der Waals surface area contributed by atoms with E-state index in [0.717, 1.165) is 20.7 Å². The maximum Gasteiger partial charge on any atom is 0.122 e. The van der Waals surface area contributed by atoms with E-state index >= 15 is 0 Å². The highest BCUT2D eigenvalue weighted by atomic mass is 127. The first kappa shape index (κ1) is 8.90. The summed E-state index contributed by atoms with van der Waals surface area (Å²) in [5.74, 6) is 0.479. The van der Waals surface area contributed by atoms with Crippen molar-refractivity contribution in [3.8, 4) is 0 Å². The van der Waals surface area contributed by atoms with E-state index < -0.39 is 0 Å². The van der Waals surface area contributed by atoms with Crippen LogP contribution in [0.5, 0.6) is 0 Å². The largest absolute Gasteiger partial charge is 0.386 e. The first-order valence-corrected chi connectivity index (χ1v) is 5.96. The number of aliphatic hydroxyl groups is 1. The van der Waals surface area contributed by atoms with E-state index in [2.05, 4.69) is 27.6 Å². The molecule has 0 spiro atoms. The minimum Gasteiger partial charge on any atom is -0.386 e. The van der Waals surface area contributed by atoms with Gasteiger partial charge in [0.2, 0.25) is 0 Å². The summed E-state index contributed by atoms with van der Waals surface area (Å²) in [4.78, 5) is 4.18. The van der Waals surface area contributed by atoms with Gasteiger partial charge in [0.25, 0.3) is 0 Å². The SMILES string of the molecule is OC(c1ncc(I)s1)C1CCC1. The molecule has 2 nitrogen and oxygen atoms in total. The summed E-state index contributed by atoms with van der Waals surface area (Å²) in [6.45, 7) is 0. The minimum absolute atomic E-state index is 0.299. The molecular weight excluding hydrogens is 285 g/mol. The molecule has 0 amide bonds. The number of thiazole rings is 1. The van der Waals surface area contributed by atoms with E-state index in [0.29, 0.717) is 5.92 Å². The van der Waals surface area contributed by atoms with Crippen LogP contribution in [-0.2, 0) is 0 Å². The summed E-state index contributed by atoms with van der Waals surface area (Å²) in [6, 6.07) is 0. The van der Waals surface area contributed by atoms with Gasteiger partial charge in [0.15, 0.2) is 0 Å². The molecule has 0 saturated heterocycles. The van der Waals surface area contributed by atoms with Crippen LogP contribution in [0.2, 0.25) is 0 Å². The second-order valence-corrected chi connectivity index (χ2v) is 6.09. The smallest absolute Gasteiger partial charge is 0.122 e. The fraction of sp³-hybridized carbons (Fsp3) is 0.625. The highest BCUT2D eigenvalue weighted by Crippen LogP contribution is 2.38. The molecule has 1 aromatic heterocycles. The van der Waals surface area contributed by atoms with Crippen LogP contribution in [0.3, 0.4) is 0 Å². The topological polar surface area (TPSA) is 33.1 Å². The van der Waals surface area contributed by atoms with E-state index in [1.807, 2.05) is 6.20 Å². The standard InChI is InChI=1S/C8H10INOS/c9-6-4-10-8(12-6)7(11)5-2-1-3-5/h4-5,7,11H,1-3H2. The molecule has 0 aromatic carbocycles. The summed E-state index contributed by atoms with van der Waals surface area (Å²) in [6.07, 6.45) is 5.12. The van der Waals surface area contributed by atoms with Crippen LogP contribution >= 0.6 is 33.9 Å². The van der Waals surface area contributed by atoms with Gasteiger partial charge < -0.3 is 5.11 Å². The predicted octanol–water partition coefficient (Wildman–Crippen LogP) is 2.58. The summed E-state index contributed by atoms with van der Waals surface area (Å²) >= 11 is 3.83. The molecule has 1 aromatic rings. The number of aromatic nitrogens is 1. The Bertz CT molecular complexity index is 272. The van der Waals surface area contributed by atoms with Crippen molar-refractivity contribution >= 4 is 33.9 Å². The molecule has 4 heteroatoms. The first-order chi connectivity index (χ1) is 5.77. The van der Waals surface area contributed by atoms with Gasteiger partial charge in [-0.2, -0.15) is 0 Å². The molecule has 1 aliphatic rings. The van der Waals surface area contributed by atoms with Crippen molar-refractivity contribution in [3.63, 3.8) is 0 Å². The Morgan fingerprint density at radius 3 is 2.83 bits per heavy atom. The third-order valence-corrected chi connectivity index (χ3v) is 4.14. The number of nitrogens with zero attached hydrogens (tertiary/aromatic N) is 1. The monoisotopic (exact) mass is 295 g/mol. The lowest BCUT2D eigenvalue weighted by Crippen LogP contribution is -2.19. The van der Waals surface area contributed by atoms with Crippen LogP contribution in [0.1, 0.15) is 30.4 Å². The minimum atomic E-state index is -0.299. The van der Waals surface area contributed by atoms with Gasteiger partial charge >= 0.3 is 0 Å². The van der Waals surface area contributed by atoms with Gasteiger partial charge in [-0.25, -0.2) is 4.98 Å².